The minimum Gasteiger partial charge on any atom is -0.379 e. The smallest absolute Gasteiger partial charge is 0.128 e. The number of nitrogens with zero attached hydrogens (tertiary/aromatic N) is 5. The van der Waals surface area contributed by atoms with Gasteiger partial charge < -0.3 is 14.2 Å². The van der Waals surface area contributed by atoms with Gasteiger partial charge in [-0.1, -0.05) is 6.07 Å². The second kappa shape index (κ2) is 8.40. The van der Waals surface area contributed by atoms with Gasteiger partial charge in [0.2, 0.25) is 0 Å². The van der Waals surface area contributed by atoms with Crippen LogP contribution in [0.15, 0.2) is 30.7 Å². The lowest BCUT2D eigenvalue weighted by molar-refractivity contribution is 0.0341. The van der Waals surface area contributed by atoms with E-state index in [4.69, 9.17) is 9.72 Å². The second-order valence-corrected chi connectivity index (χ2v) is 7.98. The van der Waals surface area contributed by atoms with E-state index in [1.807, 2.05) is 12.4 Å². The Morgan fingerprint density at radius 1 is 1.15 bits per heavy atom. The van der Waals surface area contributed by atoms with Gasteiger partial charge in [-0.15, -0.1) is 0 Å². The molecule has 2 saturated heterocycles. The molecule has 0 saturated carbocycles. The summed E-state index contributed by atoms with van der Waals surface area (Å²) in [5.41, 5.74) is 1.28. The molecule has 4 heterocycles. The van der Waals surface area contributed by atoms with Crippen LogP contribution in [-0.4, -0.2) is 58.8 Å². The minimum absolute atomic E-state index is 0.454. The molecule has 2 fully saturated rings. The highest BCUT2D eigenvalue weighted by Gasteiger charge is 2.26. The highest BCUT2D eigenvalue weighted by Crippen LogP contribution is 2.29. The molecule has 2 aliphatic rings. The lowest BCUT2D eigenvalue weighted by atomic mass is 9.97. The van der Waals surface area contributed by atoms with E-state index >= 15 is 0 Å². The maximum Gasteiger partial charge on any atom is 0.128 e. The molecular weight excluding hydrogens is 338 g/mol. The summed E-state index contributed by atoms with van der Waals surface area (Å²) in [5.74, 6) is 2.79. The van der Waals surface area contributed by atoms with Gasteiger partial charge in [-0.05, 0) is 38.3 Å². The normalized spacial score (nSPS) is 21.7. The summed E-state index contributed by atoms with van der Waals surface area (Å²) < 4.78 is 7.74. The number of rotatable bonds is 5. The van der Waals surface area contributed by atoms with Crippen LogP contribution in [0.2, 0.25) is 0 Å². The van der Waals surface area contributed by atoms with Crippen molar-refractivity contribution in [1.29, 1.82) is 0 Å². The van der Waals surface area contributed by atoms with E-state index in [0.717, 1.165) is 51.8 Å². The maximum atomic E-state index is 5.43. The Bertz CT molecular complexity index is 720. The van der Waals surface area contributed by atoms with Gasteiger partial charge in [-0.25, -0.2) is 9.97 Å². The zero-order valence-electron chi connectivity index (χ0n) is 16.5. The third kappa shape index (κ3) is 4.33. The second-order valence-electron chi connectivity index (χ2n) is 7.98. The predicted octanol–water partition coefficient (Wildman–Crippen LogP) is 3.08. The van der Waals surface area contributed by atoms with Crippen LogP contribution in [0.4, 0.5) is 5.82 Å². The minimum atomic E-state index is 0.454. The molecular formula is C21H31N5O. The number of imidazole rings is 1. The van der Waals surface area contributed by atoms with Crippen LogP contribution < -0.4 is 4.90 Å². The molecule has 0 radical (unpaired) electrons. The molecule has 0 spiro atoms. The first-order valence-corrected chi connectivity index (χ1v) is 10.2. The lowest BCUT2D eigenvalue weighted by Gasteiger charge is -2.34. The molecule has 0 N–H and O–H groups in total. The van der Waals surface area contributed by atoms with Gasteiger partial charge in [-0.3, -0.25) is 4.90 Å². The standard InChI is InChI=1S/C21H31N5O/c1-17(2)26-9-7-22-21(26)19-4-3-8-25(16-19)20-6-5-18(14-23-20)15-24-10-12-27-13-11-24/h5-7,9,14,17,19H,3-4,8,10-13,15-16H2,1-2H3. The first-order chi connectivity index (χ1) is 13.2. The number of aromatic nitrogens is 3. The van der Waals surface area contributed by atoms with E-state index in [-0.39, 0.29) is 0 Å². The van der Waals surface area contributed by atoms with E-state index in [1.165, 1.54) is 24.2 Å². The summed E-state index contributed by atoms with van der Waals surface area (Å²) in [6.45, 7) is 11.2. The summed E-state index contributed by atoms with van der Waals surface area (Å²) in [6.07, 6.45) is 8.48. The molecule has 0 aliphatic carbocycles. The number of anilines is 1. The van der Waals surface area contributed by atoms with E-state index in [2.05, 4.69) is 51.5 Å². The Kier molecular flexibility index (Phi) is 5.74. The Hall–Kier alpha value is -1.92. The quantitative estimate of drug-likeness (QED) is 0.811. The molecule has 2 aromatic rings. The van der Waals surface area contributed by atoms with Gasteiger partial charge in [0.15, 0.2) is 0 Å². The predicted molar refractivity (Wildman–Crippen MR) is 107 cm³/mol. The Labute approximate surface area is 162 Å². The average molecular weight is 370 g/mol. The summed E-state index contributed by atoms with van der Waals surface area (Å²) in [6, 6.07) is 4.87. The van der Waals surface area contributed by atoms with Crippen molar-refractivity contribution >= 4 is 5.82 Å². The number of piperidine rings is 1. The molecule has 6 heteroatoms. The van der Waals surface area contributed by atoms with Gasteiger partial charge in [0.1, 0.15) is 11.6 Å². The van der Waals surface area contributed by atoms with Gasteiger partial charge in [0, 0.05) is 63.3 Å². The average Bonchev–Trinajstić information content (AvgIpc) is 3.20. The van der Waals surface area contributed by atoms with Crippen molar-refractivity contribution in [2.24, 2.45) is 0 Å². The molecule has 1 unspecified atom stereocenters. The largest absolute Gasteiger partial charge is 0.379 e. The summed E-state index contributed by atoms with van der Waals surface area (Å²) in [5, 5.41) is 0. The van der Waals surface area contributed by atoms with Crippen molar-refractivity contribution in [2.45, 2.75) is 45.2 Å². The van der Waals surface area contributed by atoms with Crippen LogP contribution in [0.3, 0.4) is 0 Å². The highest BCUT2D eigenvalue weighted by atomic mass is 16.5. The van der Waals surface area contributed by atoms with Crippen LogP contribution in [0.1, 0.15) is 50.0 Å². The Morgan fingerprint density at radius 3 is 2.74 bits per heavy atom. The number of hydrogen-bond donors (Lipinski definition) is 0. The first-order valence-electron chi connectivity index (χ1n) is 10.2. The Balaban J connectivity index is 1.41. The van der Waals surface area contributed by atoms with E-state index < -0.39 is 0 Å². The van der Waals surface area contributed by atoms with Crippen molar-refractivity contribution in [3.8, 4) is 0 Å². The zero-order valence-corrected chi connectivity index (χ0v) is 16.5. The Morgan fingerprint density at radius 2 is 2.00 bits per heavy atom. The molecule has 4 rings (SSSR count). The van der Waals surface area contributed by atoms with Crippen molar-refractivity contribution in [1.82, 2.24) is 19.4 Å². The van der Waals surface area contributed by atoms with Crippen molar-refractivity contribution < 1.29 is 4.74 Å². The third-order valence-corrected chi connectivity index (χ3v) is 5.68. The number of hydrogen-bond acceptors (Lipinski definition) is 5. The molecule has 0 aromatic carbocycles. The molecule has 1 atom stereocenters. The van der Waals surface area contributed by atoms with Crippen LogP contribution in [0.25, 0.3) is 0 Å². The fraction of sp³-hybridized carbons (Fsp3) is 0.619. The van der Waals surface area contributed by atoms with E-state index in [1.54, 1.807) is 0 Å². The topological polar surface area (TPSA) is 46.4 Å². The van der Waals surface area contributed by atoms with E-state index in [9.17, 15) is 0 Å². The van der Waals surface area contributed by atoms with Crippen LogP contribution in [0.5, 0.6) is 0 Å². The third-order valence-electron chi connectivity index (χ3n) is 5.68. The number of morpholine rings is 1. The lowest BCUT2D eigenvalue weighted by Crippen LogP contribution is -2.36. The summed E-state index contributed by atoms with van der Waals surface area (Å²) in [4.78, 5) is 14.3. The molecule has 27 heavy (non-hydrogen) atoms. The van der Waals surface area contributed by atoms with Crippen LogP contribution >= 0.6 is 0 Å². The molecule has 6 nitrogen and oxygen atoms in total. The van der Waals surface area contributed by atoms with Crippen molar-refractivity contribution in [3.05, 3.63) is 42.1 Å². The molecule has 0 bridgehead atoms. The van der Waals surface area contributed by atoms with Crippen molar-refractivity contribution in [3.63, 3.8) is 0 Å². The molecule has 2 aliphatic heterocycles. The summed E-state index contributed by atoms with van der Waals surface area (Å²) >= 11 is 0. The van der Waals surface area contributed by atoms with Crippen LogP contribution in [0, 0.1) is 0 Å². The molecule has 146 valence electrons. The monoisotopic (exact) mass is 369 g/mol. The van der Waals surface area contributed by atoms with Crippen molar-refractivity contribution in [2.75, 3.05) is 44.3 Å². The molecule has 0 amide bonds. The van der Waals surface area contributed by atoms with Gasteiger partial charge in [0.05, 0.1) is 13.2 Å². The van der Waals surface area contributed by atoms with Crippen LogP contribution in [-0.2, 0) is 11.3 Å². The highest BCUT2D eigenvalue weighted by molar-refractivity contribution is 5.40. The number of ether oxygens (including phenoxy) is 1. The summed E-state index contributed by atoms with van der Waals surface area (Å²) in [7, 11) is 0. The molecule has 2 aromatic heterocycles. The first kappa shape index (κ1) is 18.4. The van der Waals surface area contributed by atoms with Gasteiger partial charge in [0.25, 0.3) is 0 Å². The van der Waals surface area contributed by atoms with E-state index in [0.29, 0.717) is 12.0 Å². The van der Waals surface area contributed by atoms with Gasteiger partial charge >= 0.3 is 0 Å². The fourth-order valence-corrected chi connectivity index (χ4v) is 4.19. The fourth-order valence-electron chi connectivity index (χ4n) is 4.19. The zero-order chi connectivity index (χ0) is 18.6. The van der Waals surface area contributed by atoms with Gasteiger partial charge in [-0.2, -0.15) is 0 Å². The maximum absolute atomic E-state index is 5.43. The SMILES string of the molecule is CC(C)n1ccnc1C1CCCN(c2ccc(CN3CCOCC3)cn2)C1. The number of pyridine rings is 1.